The molecule has 0 radical (unpaired) electrons. The SMILES string of the molecule is N#Cc1c(N)nc(N)nc1NCCc1c(-c2ccccc2)c(=O)n2ccccc2c1-c1ccc(F)cc1. The predicted molar refractivity (Wildman–Crippen MR) is 142 cm³/mol. The summed E-state index contributed by atoms with van der Waals surface area (Å²) in [5, 5.41) is 12.6. The molecule has 0 aliphatic rings. The third-order valence-electron chi connectivity index (χ3n) is 6.08. The monoisotopic (exact) mass is 491 g/mol. The Bertz CT molecular complexity index is 1710. The standard InChI is InChI=1S/C28H22FN7O/c29-19-11-9-18(10-12-19)23-20(13-14-33-26-21(16-30)25(31)34-28(32)35-26)24(17-6-2-1-3-7-17)27(37)36-15-5-4-8-22(23)36/h1-12,15H,13-14H2,(H5,31,32,33,34,35). The minimum Gasteiger partial charge on any atom is -0.382 e. The van der Waals surface area contributed by atoms with Crippen molar-refractivity contribution in [3.63, 3.8) is 0 Å². The minimum atomic E-state index is -0.351. The lowest BCUT2D eigenvalue weighted by Gasteiger charge is -2.19. The second kappa shape index (κ2) is 9.79. The molecule has 0 bridgehead atoms. The van der Waals surface area contributed by atoms with Crippen molar-refractivity contribution in [1.29, 1.82) is 5.26 Å². The molecule has 0 saturated carbocycles. The van der Waals surface area contributed by atoms with E-state index in [4.69, 9.17) is 11.5 Å². The second-order valence-corrected chi connectivity index (χ2v) is 8.34. The van der Waals surface area contributed by atoms with Crippen LogP contribution in [0.4, 0.5) is 22.0 Å². The number of benzene rings is 2. The summed E-state index contributed by atoms with van der Waals surface area (Å²) in [6.07, 6.45) is 2.11. The third kappa shape index (κ3) is 4.44. The minimum absolute atomic E-state index is 0.0153. The number of anilines is 3. The van der Waals surface area contributed by atoms with E-state index in [9.17, 15) is 14.4 Å². The molecule has 5 rings (SSSR count). The van der Waals surface area contributed by atoms with Crippen LogP contribution in [0.5, 0.6) is 0 Å². The van der Waals surface area contributed by atoms with Gasteiger partial charge >= 0.3 is 0 Å². The van der Waals surface area contributed by atoms with Crippen molar-refractivity contribution in [1.82, 2.24) is 14.4 Å². The van der Waals surface area contributed by atoms with Crippen LogP contribution in [0.25, 0.3) is 27.8 Å². The van der Waals surface area contributed by atoms with Crippen molar-refractivity contribution in [2.24, 2.45) is 0 Å². The number of nitrogens with two attached hydrogens (primary N) is 2. The van der Waals surface area contributed by atoms with Crippen LogP contribution in [-0.4, -0.2) is 20.9 Å². The van der Waals surface area contributed by atoms with Crippen LogP contribution in [0.2, 0.25) is 0 Å². The Kier molecular flexibility index (Phi) is 6.22. The molecule has 0 aliphatic heterocycles. The molecule has 0 saturated heterocycles. The van der Waals surface area contributed by atoms with E-state index in [1.54, 1.807) is 28.8 Å². The molecule has 9 heteroatoms. The van der Waals surface area contributed by atoms with Gasteiger partial charge in [-0.1, -0.05) is 48.5 Å². The Morgan fingerprint density at radius 2 is 1.62 bits per heavy atom. The fraction of sp³-hybridized carbons (Fsp3) is 0.0714. The van der Waals surface area contributed by atoms with Crippen molar-refractivity contribution < 1.29 is 4.39 Å². The molecule has 0 aliphatic carbocycles. The molecule has 0 amide bonds. The molecular formula is C28H22FN7O. The number of halogens is 1. The maximum Gasteiger partial charge on any atom is 0.263 e. The number of fused-ring (bicyclic) bond motifs is 1. The summed E-state index contributed by atoms with van der Waals surface area (Å²) in [5.41, 5.74) is 15.8. The van der Waals surface area contributed by atoms with Crippen LogP contribution < -0.4 is 22.3 Å². The highest BCUT2D eigenvalue weighted by Gasteiger charge is 2.21. The van der Waals surface area contributed by atoms with Gasteiger partial charge in [0.1, 0.15) is 23.3 Å². The largest absolute Gasteiger partial charge is 0.382 e. The van der Waals surface area contributed by atoms with Gasteiger partial charge < -0.3 is 16.8 Å². The number of nitrogen functional groups attached to an aromatic ring is 2. The predicted octanol–water partition coefficient (Wildman–Crippen LogP) is 4.25. The second-order valence-electron chi connectivity index (χ2n) is 8.34. The molecule has 0 spiro atoms. The van der Waals surface area contributed by atoms with Gasteiger partial charge in [0.25, 0.3) is 5.56 Å². The summed E-state index contributed by atoms with van der Waals surface area (Å²) in [6, 6.07) is 23.1. The van der Waals surface area contributed by atoms with Crippen LogP contribution in [0.3, 0.4) is 0 Å². The first-order valence-corrected chi connectivity index (χ1v) is 11.5. The molecule has 0 unspecified atom stereocenters. The van der Waals surface area contributed by atoms with Gasteiger partial charge in [0.2, 0.25) is 5.95 Å². The Balaban J connectivity index is 1.70. The van der Waals surface area contributed by atoms with Crippen molar-refractivity contribution in [2.45, 2.75) is 6.42 Å². The van der Waals surface area contributed by atoms with Crippen molar-refractivity contribution >= 4 is 23.1 Å². The van der Waals surface area contributed by atoms with Gasteiger partial charge in [-0.25, -0.2) is 4.39 Å². The Hall–Kier alpha value is -5.23. The number of pyridine rings is 2. The average molecular weight is 492 g/mol. The van der Waals surface area contributed by atoms with E-state index < -0.39 is 0 Å². The van der Waals surface area contributed by atoms with E-state index in [0.717, 1.165) is 22.3 Å². The topological polar surface area (TPSA) is 135 Å². The zero-order chi connectivity index (χ0) is 25.9. The number of hydrogen-bond donors (Lipinski definition) is 3. The van der Waals surface area contributed by atoms with E-state index in [2.05, 4.69) is 15.3 Å². The van der Waals surface area contributed by atoms with Crippen LogP contribution >= 0.6 is 0 Å². The summed E-state index contributed by atoms with van der Waals surface area (Å²) >= 11 is 0. The Morgan fingerprint density at radius 1 is 0.919 bits per heavy atom. The first-order valence-electron chi connectivity index (χ1n) is 11.5. The lowest BCUT2D eigenvalue weighted by atomic mass is 9.90. The third-order valence-corrected chi connectivity index (χ3v) is 6.08. The van der Waals surface area contributed by atoms with E-state index in [1.165, 1.54) is 12.1 Å². The molecule has 5 aromatic rings. The Morgan fingerprint density at radius 3 is 2.35 bits per heavy atom. The quantitative estimate of drug-likeness (QED) is 0.323. The maximum absolute atomic E-state index is 13.8. The molecular weight excluding hydrogens is 469 g/mol. The molecule has 8 nitrogen and oxygen atoms in total. The summed E-state index contributed by atoms with van der Waals surface area (Å²) < 4.78 is 15.4. The van der Waals surface area contributed by atoms with Gasteiger partial charge in [0.15, 0.2) is 5.82 Å². The van der Waals surface area contributed by atoms with Crippen LogP contribution in [0, 0.1) is 17.1 Å². The highest BCUT2D eigenvalue weighted by molar-refractivity contribution is 5.88. The molecule has 3 heterocycles. The molecule has 0 atom stereocenters. The van der Waals surface area contributed by atoms with Crippen LogP contribution in [0.15, 0.2) is 83.8 Å². The van der Waals surface area contributed by atoms with Crippen molar-refractivity contribution in [3.8, 4) is 28.3 Å². The highest BCUT2D eigenvalue weighted by atomic mass is 19.1. The molecule has 5 N–H and O–H groups in total. The van der Waals surface area contributed by atoms with Crippen molar-refractivity contribution in [3.05, 3.63) is 106 Å². The number of nitriles is 1. The van der Waals surface area contributed by atoms with Gasteiger partial charge in [-0.15, -0.1) is 0 Å². The van der Waals surface area contributed by atoms with Gasteiger partial charge in [-0.3, -0.25) is 9.20 Å². The Labute approximate surface area is 211 Å². The molecule has 3 aromatic heterocycles. The summed E-state index contributed by atoms with van der Waals surface area (Å²) in [5.74, 6) is -0.205. The number of nitrogens with one attached hydrogen (secondary N) is 1. The first kappa shape index (κ1) is 23.5. The number of rotatable bonds is 6. The van der Waals surface area contributed by atoms with Crippen LogP contribution in [0.1, 0.15) is 11.1 Å². The van der Waals surface area contributed by atoms with Crippen LogP contribution in [-0.2, 0) is 6.42 Å². The maximum atomic E-state index is 13.8. The lowest BCUT2D eigenvalue weighted by Crippen LogP contribution is -2.21. The molecule has 37 heavy (non-hydrogen) atoms. The number of aromatic nitrogens is 3. The first-order chi connectivity index (χ1) is 18.0. The van der Waals surface area contributed by atoms with Gasteiger partial charge in [-0.2, -0.15) is 15.2 Å². The molecule has 182 valence electrons. The summed E-state index contributed by atoms with van der Waals surface area (Å²) in [4.78, 5) is 21.8. The van der Waals surface area contributed by atoms with Gasteiger partial charge in [0.05, 0.1) is 11.1 Å². The van der Waals surface area contributed by atoms with Gasteiger partial charge in [0, 0.05) is 18.3 Å². The summed E-state index contributed by atoms with van der Waals surface area (Å²) in [7, 11) is 0. The molecule has 2 aromatic carbocycles. The molecule has 0 fully saturated rings. The smallest absolute Gasteiger partial charge is 0.263 e. The lowest BCUT2D eigenvalue weighted by molar-refractivity contribution is 0.628. The highest BCUT2D eigenvalue weighted by Crippen LogP contribution is 2.34. The summed E-state index contributed by atoms with van der Waals surface area (Å²) in [6.45, 7) is 0.307. The fourth-order valence-corrected chi connectivity index (χ4v) is 4.48. The zero-order valence-corrected chi connectivity index (χ0v) is 19.6. The van der Waals surface area contributed by atoms with E-state index in [0.29, 0.717) is 24.0 Å². The zero-order valence-electron chi connectivity index (χ0n) is 19.6. The van der Waals surface area contributed by atoms with Gasteiger partial charge in [-0.05, 0) is 47.4 Å². The van der Waals surface area contributed by atoms with Crippen molar-refractivity contribution in [2.75, 3.05) is 23.3 Å². The van der Waals surface area contributed by atoms with E-state index in [1.807, 2.05) is 48.5 Å². The number of nitrogens with zero attached hydrogens (tertiary/aromatic N) is 4. The van der Waals surface area contributed by atoms with E-state index >= 15 is 0 Å². The normalized spacial score (nSPS) is 10.8. The number of hydrogen-bond acceptors (Lipinski definition) is 7. The fourth-order valence-electron chi connectivity index (χ4n) is 4.48. The average Bonchev–Trinajstić information content (AvgIpc) is 2.90. The van der Waals surface area contributed by atoms with E-state index in [-0.39, 0.29) is 34.5 Å².